The molecule has 0 aliphatic heterocycles. The van der Waals surface area contributed by atoms with E-state index in [1.165, 1.54) is 29.6 Å². The quantitative estimate of drug-likeness (QED) is 0.317. The van der Waals surface area contributed by atoms with Gasteiger partial charge in [-0.05, 0) is 32.1 Å². The maximum absolute atomic E-state index is 13.2. The lowest BCUT2D eigenvalue weighted by Gasteiger charge is -2.33. The second kappa shape index (κ2) is 13.5. The summed E-state index contributed by atoms with van der Waals surface area (Å²) in [6.45, 7) is 8.86. The van der Waals surface area contributed by atoms with Crippen molar-refractivity contribution in [1.29, 1.82) is 0 Å². The minimum absolute atomic E-state index is 0.0728. The number of rotatable bonds is 14. The number of ether oxygens (including phenoxy) is 1. The predicted molar refractivity (Wildman–Crippen MR) is 149 cm³/mol. The summed E-state index contributed by atoms with van der Waals surface area (Å²) in [6.07, 6.45) is 2.11. The van der Waals surface area contributed by atoms with Crippen LogP contribution in [0.2, 0.25) is 0 Å². The smallest absolute Gasteiger partial charge is 0.306 e. The second-order valence-electron chi connectivity index (χ2n) is 10.7. The third-order valence-electron chi connectivity index (χ3n) is 6.82. The zero-order valence-corrected chi connectivity index (χ0v) is 24.9. The number of amides is 2. The molecule has 0 bridgehead atoms. The molecule has 1 saturated carbocycles. The Bertz CT molecular complexity index is 1170. The Morgan fingerprint density at radius 1 is 1.13 bits per heavy atom. The molecule has 0 aromatic carbocycles. The number of nitrogens with one attached hydrogen (secondary N) is 1. The highest BCUT2D eigenvalue weighted by molar-refractivity contribution is 7.10. The Hall–Kier alpha value is -2.86. The van der Waals surface area contributed by atoms with Gasteiger partial charge >= 0.3 is 11.9 Å². The number of carboxylic acid groups (broad SMARTS) is 1. The predicted octanol–water partition coefficient (Wildman–Crippen LogP) is 4.25. The van der Waals surface area contributed by atoms with Crippen LogP contribution in [0.5, 0.6) is 0 Å². The lowest BCUT2D eigenvalue weighted by atomic mass is 9.96. The molecule has 10 nitrogen and oxygen atoms in total. The van der Waals surface area contributed by atoms with Gasteiger partial charge in [0.1, 0.15) is 10.7 Å². The minimum atomic E-state index is -0.936. The van der Waals surface area contributed by atoms with Gasteiger partial charge < -0.3 is 20.1 Å². The number of hydrogen-bond donors (Lipinski definition) is 2. The van der Waals surface area contributed by atoms with E-state index in [0.29, 0.717) is 17.8 Å². The third-order valence-corrected chi connectivity index (χ3v) is 8.74. The van der Waals surface area contributed by atoms with Crippen molar-refractivity contribution in [3.05, 3.63) is 32.2 Å². The summed E-state index contributed by atoms with van der Waals surface area (Å²) in [7, 11) is 1.79. The van der Waals surface area contributed by atoms with E-state index in [4.69, 9.17) is 4.74 Å². The molecule has 4 unspecified atom stereocenters. The molecular weight excluding hydrogens is 540 g/mol. The molecule has 4 atom stereocenters. The second-order valence-corrected chi connectivity index (χ2v) is 12.5. The first kappa shape index (κ1) is 30.7. The number of aliphatic carboxylic acids is 1. The van der Waals surface area contributed by atoms with E-state index in [-0.39, 0.29) is 35.9 Å². The number of carboxylic acids is 1. The molecular formula is C27H38N4O6S2. The first-order valence-electron chi connectivity index (χ1n) is 13.2. The van der Waals surface area contributed by atoms with Crippen LogP contribution in [0.15, 0.2) is 10.8 Å². The highest BCUT2D eigenvalue weighted by Gasteiger charge is 2.37. The Balaban J connectivity index is 1.76. The summed E-state index contributed by atoms with van der Waals surface area (Å²) in [6, 6.07) is -0.622. The van der Waals surface area contributed by atoms with Crippen LogP contribution in [-0.4, -0.2) is 62.9 Å². The van der Waals surface area contributed by atoms with Gasteiger partial charge in [-0.1, -0.05) is 20.8 Å². The molecule has 39 heavy (non-hydrogen) atoms. The van der Waals surface area contributed by atoms with Crippen molar-refractivity contribution in [3.63, 3.8) is 0 Å². The zero-order valence-electron chi connectivity index (χ0n) is 23.3. The van der Waals surface area contributed by atoms with Crippen molar-refractivity contribution in [3.8, 4) is 0 Å². The maximum atomic E-state index is 13.2. The number of carbonyl (C=O) groups is 4. The highest BCUT2D eigenvalue weighted by atomic mass is 32.1. The number of esters is 1. The van der Waals surface area contributed by atoms with Gasteiger partial charge in [0.25, 0.3) is 5.91 Å². The van der Waals surface area contributed by atoms with Crippen LogP contribution >= 0.6 is 22.7 Å². The largest absolute Gasteiger partial charge is 0.481 e. The Morgan fingerprint density at radius 2 is 1.82 bits per heavy atom. The van der Waals surface area contributed by atoms with E-state index < -0.39 is 35.9 Å². The van der Waals surface area contributed by atoms with Crippen molar-refractivity contribution < 1.29 is 29.0 Å². The van der Waals surface area contributed by atoms with Gasteiger partial charge in [-0.2, -0.15) is 0 Å². The molecule has 2 N–H and O–H groups in total. The van der Waals surface area contributed by atoms with Gasteiger partial charge in [0.05, 0.1) is 10.9 Å². The van der Waals surface area contributed by atoms with Gasteiger partial charge in [-0.25, -0.2) is 9.97 Å². The number of carbonyl (C=O) groups excluding carboxylic acids is 3. The van der Waals surface area contributed by atoms with Gasteiger partial charge in [-0.15, -0.1) is 22.7 Å². The minimum Gasteiger partial charge on any atom is -0.481 e. The van der Waals surface area contributed by atoms with E-state index in [1.807, 2.05) is 26.2 Å². The monoisotopic (exact) mass is 578 g/mol. The normalized spacial score (nSPS) is 16.3. The fourth-order valence-corrected chi connectivity index (χ4v) is 6.20. The Morgan fingerprint density at radius 3 is 2.36 bits per heavy atom. The molecule has 0 radical (unpaired) electrons. The molecule has 2 heterocycles. The molecule has 1 aliphatic carbocycles. The SMILES string of the molecule is CC(=O)OC(CC(C(C)C)N(C)C(=O)C1CC1)c1nc(C(=O)NC(Cc2nc(C)cs2)CC(C)C(=O)O)cs1. The van der Waals surface area contributed by atoms with Crippen molar-refractivity contribution >= 4 is 46.4 Å². The van der Waals surface area contributed by atoms with Gasteiger partial charge in [-0.3, -0.25) is 19.2 Å². The summed E-state index contributed by atoms with van der Waals surface area (Å²) in [5.41, 5.74) is 1.04. The molecule has 0 saturated heterocycles. The zero-order chi connectivity index (χ0) is 28.9. The maximum Gasteiger partial charge on any atom is 0.306 e. The average Bonchev–Trinajstić information content (AvgIpc) is 3.44. The topological polar surface area (TPSA) is 139 Å². The molecule has 214 valence electrons. The van der Waals surface area contributed by atoms with Gasteiger partial charge in [0.15, 0.2) is 6.10 Å². The van der Waals surface area contributed by atoms with Crippen LogP contribution in [0.3, 0.4) is 0 Å². The van der Waals surface area contributed by atoms with Crippen LogP contribution in [0.25, 0.3) is 0 Å². The lowest BCUT2D eigenvalue weighted by molar-refractivity contribution is -0.148. The molecule has 12 heteroatoms. The molecule has 1 aliphatic rings. The van der Waals surface area contributed by atoms with Crippen molar-refractivity contribution in [1.82, 2.24) is 20.2 Å². The van der Waals surface area contributed by atoms with E-state index >= 15 is 0 Å². The van der Waals surface area contributed by atoms with Crippen LogP contribution in [0.4, 0.5) is 0 Å². The molecule has 1 fully saturated rings. The fraction of sp³-hybridized carbons (Fsp3) is 0.630. The van der Waals surface area contributed by atoms with Crippen LogP contribution in [0, 0.1) is 24.7 Å². The third kappa shape index (κ3) is 8.82. The van der Waals surface area contributed by atoms with Crippen LogP contribution < -0.4 is 5.32 Å². The van der Waals surface area contributed by atoms with Crippen molar-refractivity contribution in [2.75, 3.05) is 7.05 Å². The number of aryl methyl sites for hydroxylation is 1. The Kier molecular flexibility index (Phi) is 10.6. The molecule has 2 aromatic rings. The summed E-state index contributed by atoms with van der Waals surface area (Å²) in [5, 5.41) is 17.1. The molecule has 2 amide bonds. The standard InChI is InChI=1S/C27H38N4O6S2/c1-14(2)21(31(6)26(34)18-7-8-18)11-22(37-17(5)32)25-30-20(13-39-25)24(33)29-19(9-15(3)27(35)36)10-23-28-16(4)12-38-23/h12-15,18-19,21-22H,7-11H2,1-6H3,(H,29,33)(H,35,36). The first-order valence-corrected chi connectivity index (χ1v) is 15.0. The van der Waals surface area contributed by atoms with Crippen LogP contribution in [-0.2, 0) is 25.5 Å². The average molecular weight is 579 g/mol. The van der Waals surface area contributed by atoms with Gasteiger partial charge in [0.2, 0.25) is 5.91 Å². The number of thiazole rings is 2. The van der Waals surface area contributed by atoms with E-state index in [0.717, 1.165) is 23.5 Å². The first-order chi connectivity index (χ1) is 18.3. The van der Waals surface area contributed by atoms with Crippen LogP contribution in [0.1, 0.15) is 85.7 Å². The summed E-state index contributed by atoms with van der Waals surface area (Å²) >= 11 is 2.68. The van der Waals surface area contributed by atoms with Gasteiger partial charge in [0, 0.05) is 61.3 Å². The van der Waals surface area contributed by atoms with E-state index in [1.54, 1.807) is 24.3 Å². The van der Waals surface area contributed by atoms with Crippen molar-refractivity contribution in [2.24, 2.45) is 17.8 Å². The van der Waals surface area contributed by atoms with E-state index in [9.17, 15) is 24.3 Å². The van der Waals surface area contributed by atoms with Crippen molar-refractivity contribution in [2.45, 2.75) is 84.9 Å². The Labute approximate surface area is 237 Å². The summed E-state index contributed by atoms with van der Waals surface area (Å²) in [4.78, 5) is 60.1. The summed E-state index contributed by atoms with van der Waals surface area (Å²) in [5.74, 6) is -2.20. The summed E-state index contributed by atoms with van der Waals surface area (Å²) < 4.78 is 5.62. The number of aromatic nitrogens is 2. The highest BCUT2D eigenvalue weighted by Crippen LogP contribution is 2.35. The molecule has 0 spiro atoms. The molecule has 2 aromatic heterocycles. The number of hydrogen-bond acceptors (Lipinski definition) is 9. The van der Waals surface area contributed by atoms with E-state index in [2.05, 4.69) is 15.3 Å². The molecule has 3 rings (SSSR count). The number of nitrogens with zero attached hydrogens (tertiary/aromatic N) is 3. The fourth-order valence-electron chi connectivity index (χ4n) is 4.51. The lowest BCUT2D eigenvalue weighted by Crippen LogP contribution is -2.42.